The number of hydrogen-bond donors (Lipinski definition) is 0. The highest BCUT2D eigenvalue weighted by atomic mass is 35.5. The van der Waals surface area contributed by atoms with Crippen LogP contribution in [0.25, 0.3) is 22.8 Å². The first kappa shape index (κ1) is 38.2. The first-order valence-corrected chi connectivity index (χ1v) is 19.0. The minimum Gasteiger partial charge on any atom is -0.409 e. The van der Waals surface area contributed by atoms with E-state index in [9.17, 15) is 26.3 Å². The number of halogens is 7. The first-order valence-electron chi connectivity index (χ1n) is 16.5. The molecule has 0 fully saturated rings. The summed E-state index contributed by atoms with van der Waals surface area (Å²) >= 11 is 6.61. The van der Waals surface area contributed by atoms with E-state index in [0.717, 1.165) is 5.56 Å². The third kappa shape index (κ3) is 8.07. The van der Waals surface area contributed by atoms with Crippen molar-refractivity contribution in [2.75, 3.05) is 0 Å². The predicted octanol–water partition coefficient (Wildman–Crippen LogP) is 10.7. The summed E-state index contributed by atoms with van der Waals surface area (Å²) in [6.07, 6.45) is -10.00. The number of benzene rings is 3. The van der Waals surface area contributed by atoms with Gasteiger partial charge in [0, 0.05) is 10.6 Å². The average Bonchev–Trinajstić information content (AvgIpc) is 3.64. The van der Waals surface area contributed by atoms with Crippen molar-refractivity contribution in [2.24, 2.45) is 0 Å². The Morgan fingerprint density at radius 3 is 1.84 bits per heavy atom. The molecule has 0 aliphatic heterocycles. The standard InChI is InChI=1S/C36H39ClF6N6OSi/c1-22(2)51(23(3)4,24(5)6)50-21-31-44-46-34(48(31)20-27-14-10-11-15-30(27)37)32-33(26-12-8-7-9-13-26)49(47-45-32)19-25-16-28(35(38,39)40)18-29(17-25)36(41,42)43/h7-18,22-24H,19-21H2,1-6H3. The molecule has 5 rings (SSSR count). The van der Waals surface area contributed by atoms with Gasteiger partial charge in [-0.1, -0.05) is 107 Å². The van der Waals surface area contributed by atoms with Gasteiger partial charge in [0.25, 0.3) is 0 Å². The maximum Gasteiger partial charge on any atom is 0.416 e. The molecule has 0 radical (unpaired) electrons. The van der Waals surface area contributed by atoms with E-state index in [2.05, 4.69) is 62.1 Å². The van der Waals surface area contributed by atoms with Crippen molar-refractivity contribution in [3.8, 4) is 22.8 Å². The van der Waals surface area contributed by atoms with Gasteiger partial charge in [0.05, 0.1) is 30.8 Å². The molecule has 0 spiro atoms. The molecule has 0 unspecified atom stereocenters. The minimum absolute atomic E-state index is 0.102. The maximum absolute atomic E-state index is 13.7. The molecular formula is C36H39ClF6N6OSi. The van der Waals surface area contributed by atoms with E-state index in [0.29, 0.717) is 50.9 Å². The second kappa shape index (κ2) is 14.9. The molecule has 0 amide bonds. The largest absolute Gasteiger partial charge is 0.416 e. The van der Waals surface area contributed by atoms with Gasteiger partial charge >= 0.3 is 12.4 Å². The molecule has 7 nitrogen and oxygen atoms in total. The van der Waals surface area contributed by atoms with Gasteiger partial charge in [0.2, 0.25) is 8.32 Å². The van der Waals surface area contributed by atoms with Gasteiger partial charge in [-0.25, -0.2) is 4.68 Å². The molecule has 2 heterocycles. The molecule has 0 saturated heterocycles. The lowest BCUT2D eigenvalue weighted by Crippen LogP contribution is -2.47. The summed E-state index contributed by atoms with van der Waals surface area (Å²) in [7, 11) is -2.34. The lowest BCUT2D eigenvalue weighted by molar-refractivity contribution is -0.143. The highest BCUT2D eigenvalue weighted by Crippen LogP contribution is 2.43. The minimum atomic E-state index is -5.00. The normalized spacial score (nSPS) is 12.9. The predicted molar refractivity (Wildman–Crippen MR) is 186 cm³/mol. The maximum atomic E-state index is 13.7. The topological polar surface area (TPSA) is 70.7 Å². The molecule has 0 aliphatic carbocycles. The number of hydrogen-bond acceptors (Lipinski definition) is 5. The second-order valence-corrected chi connectivity index (χ2v) is 19.3. The van der Waals surface area contributed by atoms with Crippen molar-refractivity contribution in [1.29, 1.82) is 0 Å². The molecule has 272 valence electrons. The van der Waals surface area contributed by atoms with Gasteiger partial charge < -0.3 is 8.99 Å². The van der Waals surface area contributed by atoms with Crippen LogP contribution in [0.5, 0.6) is 0 Å². The Labute approximate surface area is 298 Å². The van der Waals surface area contributed by atoms with Crippen molar-refractivity contribution >= 4 is 19.9 Å². The third-order valence-electron chi connectivity index (χ3n) is 9.25. The summed E-state index contributed by atoms with van der Waals surface area (Å²) in [5, 5.41) is 18.3. The van der Waals surface area contributed by atoms with Gasteiger partial charge in [-0.15, -0.1) is 15.3 Å². The quantitative estimate of drug-likeness (QED) is 0.0938. The summed E-state index contributed by atoms with van der Waals surface area (Å²) in [5.41, 5.74) is -0.290. The molecule has 51 heavy (non-hydrogen) atoms. The van der Waals surface area contributed by atoms with Gasteiger partial charge in [0.1, 0.15) is 5.69 Å². The number of aromatic nitrogens is 6. The molecule has 2 aromatic heterocycles. The first-order chi connectivity index (χ1) is 23.9. The Morgan fingerprint density at radius 2 is 1.29 bits per heavy atom. The van der Waals surface area contributed by atoms with Gasteiger partial charge in [-0.2, -0.15) is 26.3 Å². The zero-order chi connectivity index (χ0) is 37.3. The van der Waals surface area contributed by atoms with E-state index in [4.69, 9.17) is 16.0 Å². The average molecular weight is 749 g/mol. The van der Waals surface area contributed by atoms with E-state index in [1.165, 1.54) is 4.68 Å². The van der Waals surface area contributed by atoms with Crippen molar-refractivity contribution in [2.45, 2.75) is 90.2 Å². The monoisotopic (exact) mass is 748 g/mol. The zero-order valence-corrected chi connectivity index (χ0v) is 30.8. The summed E-state index contributed by atoms with van der Waals surface area (Å²) in [6.45, 7) is 13.0. The van der Waals surface area contributed by atoms with Gasteiger partial charge in [-0.3, -0.25) is 0 Å². The van der Waals surface area contributed by atoms with Gasteiger partial charge in [0.15, 0.2) is 17.3 Å². The van der Waals surface area contributed by atoms with Crippen LogP contribution in [0, 0.1) is 0 Å². The van der Waals surface area contributed by atoms with Crippen LogP contribution in [0.15, 0.2) is 72.8 Å². The summed E-state index contributed by atoms with van der Waals surface area (Å²) in [5.74, 6) is 0.787. The van der Waals surface area contributed by atoms with Crippen LogP contribution < -0.4 is 0 Å². The summed E-state index contributed by atoms with van der Waals surface area (Å²) < 4.78 is 92.4. The molecule has 3 aromatic carbocycles. The van der Waals surface area contributed by atoms with Crippen LogP contribution in [0.2, 0.25) is 21.6 Å². The van der Waals surface area contributed by atoms with Crippen LogP contribution in [-0.2, 0) is 36.5 Å². The van der Waals surface area contributed by atoms with Crippen LogP contribution in [0.4, 0.5) is 26.3 Å². The molecule has 5 aromatic rings. The van der Waals surface area contributed by atoms with Crippen molar-refractivity contribution in [1.82, 2.24) is 29.8 Å². The van der Waals surface area contributed by atoms with Crippen molar-refractivity contribution in [3.63, 3.8) is 0 Å². The Morgan fingerprint density at radius 1 is 0.725 bits per heavy atom. The van der Waals surface area contributed by atoms with Gasteiger partial charge in [-0.05, 0) is 52.0 Å². The number of rotatable bonds is 12. The lowest BCUT2D eigenvalue weighted by Gasteiger charge is -2.42. The molecule has 0 atom stereocenters. The Kier molecular flexibility index (Phi) is 11.2. The highest BCUT2D eigenvalue weighted by molar-refractivity contribution is 6.77. The summed E-state index contributed by atoms with van der Waals surface area (Å²) in [4.78, 5) is 0. The molecule has 15 heteroatoms. The van der Waals surface area contributed by atoms with Crippen LogP contribution in [-0.4, -0.2) is 38.1 Å². The van der Waals surface area contributed by atoms with E-state index < -0.39 is 38.3 Å². The smallest absolute Gasteiger partial charge is 0.409 e. The van der Waals surface area contributed by atoms with Crippen LogP contribution in [0.1, 0.15) is 69.6 Å². The van der Waals surface area contributed by atoms with Crippen molar-refractivity contribution in [3.05, 3.63) is 106 Å². The molecule has 0 saturated carbocycles. The number of alkyl halides is 6. The highest BCUT2D eigenvalue weighted by Gasteiger charge is 2.45. The summed E-state index contributed by atoms with van der Waals surface area (Å²) in [6, 6.07) is 17.6. The Hall–Kier alpha value is -4.01. The van der Waals surface area contributed by atoms with Crippen LogP contribution in [0.3, 0.4) is 0 Å². The molecule has 0 N–H and O–H groups in total. The van der Waals surface area contributed by atoms with E-state index in [-0.39, 0.29) is 36.3 Å². The van der Waals surface area contributed by atoms with E-state index in [1.807, 2.05) is 22.8 Å². The van der Waals surface area contributed by atoms with Crippen LogP contribution >= 0.6 is 11.6 Å². The fraction of sp³-hybridized carbons (Fsp3) is 0.389. The SMILES string of the molecule is CC(C)[Si](OCc1nnc(-c2nnn(Cc3cc(C(F)(F)F)cc(C(F)(F)F)c3)c2-c2ccccc2)n1Cc1ccccc1Cl)(C(C)C)C(C)C. The van der Waals surface area contributed by atoms with Crippen molar-refractivity contribution < 1.29 is 30.8 Å². The molecule has 0 bridgehead atoms. The Bertz CT molecular complexity index is 1900. The van der Waals surface area contributed by atoms with E-state index >= 15 is 0 Å². The molecular weight excluding hydrogens is 710 g/mol. The number of nitrogens with zero attached hydrogens (tertiary/aromatic N) is 6. The fourth-order valence-electron chi connectivity index (χ4n) is 7.01. The zero-order valence-electron chi connectivity index (χ0n) is 29.0. The second-order valence-electron chi connectivity index (χ2n) is 13.4. The fourth-order valence-corrected chi connectivity index (χ4v) is 12.6. The third-order valence-corrected chi connectivity index (χ3v) is 15.7. The lowest BCUT2D eigenvalue weighted by atomic mass is 10.0. The molecule has 0 aliphatic rings. The Balaban J connectivity index is 1.67. The van der Waals surface area contributed by atoms with E-state index in [1.54, 1.807) is 36.4 Å².